The molecule has 1 saturated heterocycles. The van der Waals surface area contributed by atoms with Crippen LogP contribution in [0.5, 0.6) is 0 Å². The van der Waals surface area contributed by atoms with Crippen molar-refractivity contribution < 1.29 is 0 Å². The number of piperidine rings is 1. The van der Waals surface area contributed by atoms with E-state index in [1.807, 2.05) is 42.2 Å². The lowest BCUT2D eigenvalue weighted by Crippen LogP contribution is -2.22. The Kier molecular flexibility index (Phi) is 2.98. The average Bonchev–Trinajstić information content (AvgIpc) is 3.20. The Morgan fingerprint density at radius 1 is 1.07 bits per heavy atom. The number of aromatic nitrogens is 6. The first-order valence-corrected chi connectivity index (χ1v) is 9.17. The summed E-state index contributed by atoms with van der Waals surface area (Å²) in [4.78, 5) is 8.97. The normalized spacial score (nSPS) is 23.7. The van der Waals surface area contributed by atoms with Gasteiger partial charge >= 0.3 is 0 Å². The van der Waals surface area contributed by atoms with Crippen molar-refractivity contribution in [3.05, 3.63) is 36.8 Å². The maximum absolute atomic E-state index is 4.72. The Hall–Kier alpha value is -3.20. The third-order valence-electron chi connectivity index (χ3n) is 5.67. The standard InChI is InChI=1S/C18H19N9/c1-19-17-16-10(13-2-3-14-21-5-7-26(14)24-13)4-6-27(16)25-18(23-17)22-15-11-8-20-9-12(11)15/h2-7,11-12,15,20H,8-9H2,1H3,(H2,19,22,23,25)/t11-,12+,15?. The molecule has 6 rings (SSSR count). The number of hydrogen-bond donors (Lipinski definition) is 3. The van der Waals surface area contributed by atoms with Crippen molar-refractivity contribution in [3.8, 4) is 11.3 Å². The number of imidazole rings is 1. The van der Waals surface area contributed by atoms with Gasteiger partial charge in [-0.05, 0) is 30.0 Å². The molecule has 9 heteroatoms. The van der Waals surface area contributed by atoms with Crippen LogP contribution in [0.3, 0.4) is 0 Å². The smallest absolute Gasteiger partial charge is 0.243 e. The molecular formula is C18H19N9. The molecule has 0 bridgehead atoms. The molecule has 1 aliphatic heterocycles. The topological polar surface area (TPSA) is 96.5 Å². The van der Waals surface area contributed by atoms with E-state index in [4.69, 9.17) is 4.98 Å². The lowest BCUT2D eigenvalue weighted by atomic mass is 10.2. The molecule has 136 valence electrons. The fourth-order valence-corrected chi connectivity index (χ4v) is 4.21. The van der Waals surface area contributed by atoms with Crippen LogP contribution < -0.4 is 16.0 Å². The van der Waals surface area contributed by atoms with Crippen LogP contribution in [0.1, 0.15) is 0 Å². The predicted octanol–water partition coefficient (Wildman–Crippen LogP) is 1.11. The van der Waals surface area contributed by atoms with E-state index in [0.29, 0.717) is 23.8 Å². The van der Waals surface area contributed by atoms with Gasteiger partial charge in [0.15, 0.2) is 11.5 Å². The predicted molar refractivity (Wildman–Crippen MR) is 102 cm³/mol. The molecule has 3 N–H and O–H groups in total. The summed E-state index contributed by atoms with van der Waals surface area (Å²) in [6, 6.07) is 6.44. The van der Waals surface area contributed by atoms with E-state index in [2.05, 4.69) is 31.1 Å². The van der Waals surface area contributed by atoms with E-state index in [-0.39, 0.29) is 0 Å². The van der Waals surface area contributed by atoms with Gasteiger partial charge in [0.1, 0.15) is 5.52 Å². The zero-order chi connectivity index (χ0) is 18.0. The minimum atomic E-state index is 0.480. The van der Waals surface area contributed by atoms with Crippen molar-refractivity contribution in [1.82, 2.24) is 34.5 Å². The van der Waals surface area contributed by atoms with Gasteiger partial charge < -0.3 is 16.0 Å². The Morgan fingerprint density at radius 2 is 1.96 bits per heavy atom. The molecule has 5 heterocycles. The van der Waals surface area contributed by atoms with Crippen molar-refractivity contribution in [2.24, 2.45) is 11.8 Å². The van der Waals surface area contributed by atoms with E-state index in [0.717, 1.165) is 41.3 Å². The van der Waals surface area contributed by atoms with Gasteiger partial charge in [-0.2, -0.15) is 10.1 Å². The third kappa shape index (κ3) is 2.21. The van der Waals surface area contributed by atoms with Gasteiger partial charge in [-0.1, -0.05) is 0 Å². The first-order chi connectivity index (χ1) is 13.3. The first kappa shape index (κ1) is 14.9. The number of nitrogens with one attached hydrogen (secondary N) is 3. The highest BCUT2D eigenvalue weighted by Crippen LogP contribution is 2.43. The fraction of sp³-hybridized carbons (Fsp3) is 0.333. The number of nitrogens with zero attached hydrogens (tertiary/aromatic N) is 6. The molecule has 2 aliphatic rings. The van der Waals surface area contributed by atoms with Gasteiger partial charge in [0, 0.05) is 50.3 Å². The van der Waals surface area contributed by atoms with Gasteiger partial charge in [0.2, 0.25) is 5.95 Å². The SMILES string of the molecule is CNc1nc(NC2[C@H]3CNC[C@@H]23)nn2ccc(-c3ccc4nccn4n3)c12. The number of anilines is 2. The number of rotatable bonds is 4. The van der Waals surface area contributed by atoms with Crippen molar-refractivity contribution in [1.29, 1.82) is 0 Å². The van der Waals surface area contributed by atoms with Crippen LogP contribution in [-0.4, -0.2) is 55.4 Å². The summed E-state index contributed by atoms with van der Waals surface area (Å²) in [5.74, 6) is 2.85. The summed E-state index contributed by atoms with van der Waals surface area (Å²) >= 11 is 0. The molecule has 3 atom stereocenters. The Morgan fingerprint density at radius 3 is 2.81 bits per heavy atom. The highest BCUT2D eigenvalue weighted by atomic mass is 15.3. The van der Waals surface area contributed by atoms with Crippen LogP contribution in [0, 0.1) is 11.8 Å². The molecule has 9 nitrogen and oxygen atoms in total. The maximum Gasteiger partial charge on any atom is 0.243 e. The largest absolute Gasteiger partial charge is 0.371 e. The van der Waals surface area contributed by atoms with Crippen LogP contribution in [-0.2, 0) is 0 Å². The van der Waals surface area contributed by atoms with Crippen molar-refractivity contribution in [3.63, 3.8) is 0 Å². The Balaban J connectivity index is 1.41. The molecule has 4 aromatic rings. The zero-order valence-corrected chi connectivity index (χ0v) is 14.8. The molecule has 1 aliphatic carbocycles. The third-order valence-corrected chi connectivity index (χ3v) is 5.67. The summed E-state index contributed by atoms with van der Waals surface area (Å²) < 4.78 is 3.64. The van der Waals surface area contributed by atoms with Crippen molar-refractivity contribution in [2.75, 3.05) is 30.8 Å². The summed E-state index contributed by atoms with van der Waals surface area (Å²) in [5.41, 5.74) is 3.57. The van der Waals surface area contributed by atoms with Gasteiger partial charge in [-0.3, -0.25) is 0 Å². The molecular weight excluding hydrogens is 342 g/mol. The Bertz CT molecular complexity index is 1150. The van der Waals surface area contributed by atoms with E-state index in [9.17, 15) is 0 Å². The average molecular weight is 361 g/mol. The molecule has 1 saturated carbocycles. The molecule has 27 heavy (non-hydrogen) atoms. The van der Waals surface area contributed by atoms with Gasteiger partial charge in [0.05, 0.1) is 5.69 Å². The summed E-state index contributed by atoms with van der Waals surface area (Å²) in [7, 11) is 1.88. The van der Waals surface area contributed by atoms with E-state index >= 15 is 0 Å². The van der Waals surface area contributed by atoms with Gasteiger partial charge in [-0.25, -0.2) is 14.0 Å². The molecule has 1 unspecified atom stereocenters. The number of fused-ring (bicyclic) bond motifs is 3. The monoisotopic (exact) mass is 361 g/mol. The second-order valence-electron chi connectivity index (χ2n) is 7.16. The molecule has 0 radical (unpaired) electrons. The Labute approximate surface area is 154 Å². The number of hydrogen-bond acceptors (Lipinski definition) is 7. The van der Waals surface area contributed by atoms with Crippen LogP contribution in [0.25, 0.3) is 22.4 Å². The molecule has 2 fully saturated rings. The highest BCUT2D eigenvalue weighted by Gasteiger charge is 2.53. The minimum Gasteiger partial charge on any atom is -0.371 e. The lowest BCUT2D eigenvalue weighted by Gasteiger charge is -2.11. The second-order valence-corrected chi connectivity index (χ2v) is 7.16. The quantitative estimate of drug-likeness (QED) is 0.501. The zero-order valence-electron chi connectivity index (χ0n) is 14.8. The highest BCUT2D eigenvalue weighted by molar-refractivity contribution is 5.87. The molecule has 4 aromatic heterocycles. The summed E-state index contributed by atoms with van der Waals surface area (Å²) in [6.07, 6.45) is 5.54. The van der Waals surface area contributed by atoms with Crippen LogP contribution in [0.4, 0.5) is 11.8 Å². The fourth-order valence-electron chi connectivity index (χ4n) is 4.21. The lowest BCUT2D eigenvalue weighted by molar-refractivity contribution is 0.691. The molecule has 0 amide bonds. The van der Waals surface area contributed by atoms with E-state index in [1.165, 1.54) is 0 Å². The minimum absolute atomic E-state index is 0.480. The van der Waals surface area contributed by atoms with Crippen LogP contribution in [0.2, 0.25) is 0 Å². The summed E-state index contributed by atoms with van der Waals surface area (Å²) in [6.45, 7) is 2.17. The summed E-state index contributed by atoms with van der Waals surface area (Å²) in [5, 5.41) is 19.5. The molecule has 0 aromatic carbocycles. The van der Waals surface area contributed by atoms with Crippen LogP contribution in [0.15, 0.2) is 36.8 Å². The second kappa shape index (κ2) is 5.40. The molecule has 0 spiro atoms. The van der Waals surface area contributed by atoms with Gasteiger partial charge in [-0.15, -0.1) is 5.10 Å². The van der Waals surface area contributed by atoms with Crippen molar-refractivity contribution in [2.45, 2.75) is 6.04 Å². The van der Waals surface area contributed by atoms with Crippen molar-refractivity contribution >= 4 is 22.9 Å². The van der Waals surface area contributed by atoms with Gasteiger partial charge in [0.25, 0.3) is 0 Å². The van der Waals surface area contributed by atoms with E-state index in [1.54, 1.807) is 10.7 Å². The first-order valence-electron chi connectivity index (χ1n) is 9.17. The van der Waals surface area contributed by atoms with Crippen LogP contribution >= 0.6 is 0 Å². The van der Waals surface area contributed by atoms with E-state index < -0.39 is 0 Å². The maximum atomic E-state index is 4.72.